The Kier molecular flexibility index (Phi) is 15.8. The SMILES string of the molecule is C[N+](C)(CCCCCCO)CCCCCC[N+](C)(C)CCCCCCO. The summed E-state index contributed by atoms with van der Waals surface area (Å²) >= 11 is 0. The van der Waals surface area contributed by atoms with Crippen molar-refractivity contribution in [2.75, 3.05) is 67.6 Å². The Morgan fingerprint density at radius 3 is 0.846 bits per heavy atom. The quantitative estimate of drug-likeness (QED) is 0.267. The van der Waals surface area contributed by atoms with Crippen molar-refractivity contribution in [3.8, 4) is 0 Å². The van der Waals surface area contributed by atoms with E-state index in [0.717, 1.165) is 21.8 Å². The molecular weight excluding hydrogens is 324 g/mol. The topological polar surface area (TPSA) is 40.5 Å². The fraction of sp³-hybridized carbons (Fsp3) is 1.00. The molecule has 2 N–H and O–H groups in total. The van der Waals surface area contributed by atoms with Crippen LogP contribution in [-0.4, -0.2) is 86.8 Å². The highest BCUT2D eigenvalue weighted by molar-refractivity contribution is 4.48. The summed E-state index contributed by atoms with van der Waals surface area (Å²) in [5, 5.41) is 17.6. The molecule has 0 aromatic carbocycles. The first-order valence-electron chi connectivity index (χ1n) is 11.2. The zero-order valence-corrected chi connectivity index (χ0v) is 18.5. The number of aliphatic hydroxyl groups is 2. The van der Waals surface area contributed by atoms with Crippen LogP contribution in [0, 0.1) is 0 Å². The minimum atomic E-state index is 0.345. The molecule has 0 saturated carbocycles. The zero-order chi connectivity index (χ0) is 19.7. The second kappa shape index (κ2) is 15.9. The lowest BCUT2D eigenvalue weighted by Crippen LogP contribution is -2.41. The third-order valence-corrected chi connectivity index (χ3v) is 5.62. The molecule has 0 rings (SSSR count). The second-order valence-corrected chi connectivity index (χ2v) is 9.46. The standard InChI is InChI=1S/C22H50N2O2/c1-23(2,19-13-7-9-15-21-25)17-11-5-6-12-18-24(3,4)20-14-8-10-16-22-26/h25-26H,5-22H2,1-4H3/q+2. The van der Waals surface area contributed by atoms with Crippen LogP contribution in [0.3, 0.4) is 0 Å². The van der Waals surface area contributed by atoms with Crippen molar-refractivity contribution in [3.05, 3.63) is 0 Å². The normalized spacial score (nSPS) is 12.7. The Morgan fingerprint density at radius 1 is 0.385 bits per heavy atom. The van der Waals surface area contributed by atoms with Crippen LogP contribution in [0.15, 0.2) is 0 Å². The molecule has 0 aliphatic heterocycles. The van der Waals surface area contributed by atoms with Gasteiger partial charge in [0.2, 0.25) is 0 Å². The van der Waals surface area contributed by atoms with Gasteiger partial charge in [-0.3, -0.25) is 0 Å². The third kappa shape index (κ3) is 17.3. The summed E-state index contributed by atoms with van der Waals surface area (Å²) in [6.07, 6.45) is 14.8. The molecule has 0 unspecified atom stereocenters. The van der Waals surface area contributed by atoms with Crippen molar-refractivity contribution >= 4 is 0 Å². The maximum absolute atomic E-state index is 8.82. The smallest absolute Gasteiger partial charge is 0.0782 e. The molecule has 0 spiro atoms. The highest BCUT2D eigenvalue weighted by Crippen LogP contribution is 2.11. The van der Waals surface area contributed by atoms with E-state index in [4.69, 9.17) is 10.2 Å². The molecule has 4 nitrogen and oxygen atoms in total. The summed E-state index contributed by atoms with van der Waals surface area (Å²) in [5.74, 6) is 0. The van der Waals surface area contributed by atoms with E-state index in [9.17, 15) is 0 Å². The van der Waals surface area contributed by atoms with Gasteiger partial charge in [-0.15, -0.1) is 0 Å². The van der Waals surface area contributed by atoms with E-state index in [2.05, 4.69) is 28.2 Å². The van der Waals surface area contributed by atoms with Gasteiger partial charge in [-0.2, -0.15) is 0 Å². The van der Waals surface area contributed by atoms with Gasteiger partial charge in [0.15, 0.2) is 0 Å². The van der Waals surface area contributed by atoms with Gasteiger partial charge < -0.3 is 19.2 Å². The number of quaternary nitrogens is 2. The minimum Gasteiger partial charge on any atom is -0.396 e. The van der Waals surface area contributed by atoms with Gasteiger partial charge in [0.25, 0.3) is 0 Å². The summed E-state index contributed by atoms with van der Waals surface area (Å²) in [6.45, 7) is 5.82. The first-order chi connectivity index (χ1) is 12.3. The lowest BCUT2D eigenvalue weighted by Gasteiger charge is -2.31. The number of nitrogens with zero attached hydrogens (tertiary/aromatic N) is 2. The van der Waals surface area contributed by atoms with Crippen molar-refractivity contribution in [1.82, 2.24) is 0 Å². The van der Waals surface area contributed by atoms with E-state index in [1.54, 1.807) is 0 Å². The monoisotopic (exact) mass is 374 g/mol. The average molecular weight is 375 g/mol. The lowest BCUT2D eigenvalue weighted by atomic mass is 10.1. The molecule has 0 aromatic rings. The molecule has 158 valence electrons. The molecule has 0 aliphatic rings. The van der Waals surface area contributed by atoms with Crippen molar-refractivity contribution < 1.29 is 19.2 Å². The predicted molar refractivity (Wildman–Crippen MR) is 113 cm³/mol. The predicted octanol–water partition coefficient (Wildman–Crippen LogP) is 3.81. The van der Waals surface area contributed by atoms with Crippen molar-refractivity contribution in [2.45, 2.75) is 77.0 Å². The maximum Gasteiger partial charge on any atom is 0.0782 e. The van der Waals surface area contributed by atoms with Crippen molar-refractivity contribution in [1.29, 1.82) is 0 Å². The van der Waals surface area contributed by atoms with Gasteiger partial charge in [0, 0.05) is 13.2 Å². The fourth-order valence-electron chi connectivity index (χ4n) is 3.67. The number of hydrogen-bond donors (Lipinski definition) is 2. The van der Waals surface area contributed by atoms with Crippen LogP contribution in [0.4, 0.5) is 0 Å². The maximum atomic E-state index is 8.82. The Morgan fingerprint density at radius 2 is 0.615 bits per heavy atom. The van der Waals surface area contributed by atoms with Gasteiger partial charge in [0.05, 0.1) is 54.4 Å². The number of aliphatic hydroxyl groups excluding tert-OH is 2. The van der Waals surface area contributed by atoms with Gasteiger partial charge in [-0.25, -0.2) is 0 Å². The molecule has 0 heterocycles. The van der Waals surface area contributed by atoms with E-state index < -0.39 is 0 Å². The molecule has 0 saturated heterocycles. The molecular formula is C22H50N2O2+2. The Bertz CT molecular complexity index is 277. The molecule has 0 aliphatic carbocycles. The van der Waals surface area contributed by atoms with Crippen molar-refractivity contribution in [2.24, 2.45) is 0 Å². The molecule has 0 aromatic heterocycles. The summed E-state index contributed by atoms with van der Waals surface area (Å²) in [7, 11) is 9.46. The second-order valence-electron chi connectivity index (χ2n) is 9.46. The molecule has 0 fully saturated rings. The Labute approximate surface area is 164 Å². The first kappa shape index (κ1) is 25.8. The van der Waals surface area contributed by atoms with Crippen LogP contribution >= 0.6 is 0 Å². The number of unbranched alkanes of at least 4 members (excludes halogenated alkanes) is 9. The largest absolute Gasteiger partial charge is 0.396 e. The van der Waals surface area contributed by atoms with Crippen LogP contribution in [-0.2, 0) is 0 Å². The van der Waals surface area contributed by atoms with Crippen LogP contribution < -0.4 is 0 Å². The fourth-order valence-corrected chi connectivity index (χ4v) is 3.67. The highest BCUT2D eigenvalue weighted by atomic mass is 16.3. The number of rotatable bonds is 19. The van der Waals surface area contributed by atoms with Crippen molar-refractivity contribution in [3.63, 3.8) is 0 Å². The van der Waals surface area contributed by atoms with E-state index in [1.807, 2.05) is 0 Å². The van der Waals surface area contributed by atoms with Gasteiger partial charge in [-0.05, 0) is 64.2 Å². The Balaban J connectivity index is 3.59. The lowest BCUT2D eigenvalue weighted by molar-refractivity contribution is -0.891. The number of hydrogen-bond acceptors (Lipinski definition) is 2. The summed E-state index contributed by atoms with van der Waals surface area (Å²) in [5.41, 5.74) is 0. The summed E-state index contributed by atoms with van der Waals surface area (Å²) in [4.78, 5) is 0. The molecule has 26 heavy (non-hydrogen) atoms. The van der Waals surface area contributed by atoms with E-state index in [1.165, 1.54) is 90.4 Å². The summed E-state index contributed by atoms with van der Waals surface area (Å²) in [6, 6.07) is 0. The van der Waals surface area contributed by atoms with Crippen LogP contribution in [0.5, 0.6) is 0 Å². The molecule has 4 heteroatoms. The molecule has 0 bridgehead atoms. The third-order valence-electron chi connectivity index (χ3n) is 5.62. The van der Waals surface area contributed by atoms with Gasteiger partial charge >= 0.3 is 0 Å². The minimum absolute atomic E-state index is 0.345. The highest BCUT2D eigenvalue weighted by Gasteiger charge is 2.15. The average Bonchev–Trinajstić information content (AvgIpc) is 2.57. The molecule has 0 atom stereocenters. The van der Waals surface area contributed by atoms with Crippen LogP contribution in [0.25, 0.3) is 0 Å². The zero-order valence-electron chi connectivity index (χ0n) is 18.5. The van der Waals surface area contributed by atoms with Crippen LogP contribution in [0.2, 0.25) is 0 Å². The van der Waals surface area contributed by atoms with Gasteiger partial charge in [-0.1, -0.05) is 12.8 Å². The molecule has 0 radical (unpaired) electrons. The summed E-state index contributed by atoms with van der Waals surface area (Å²) < 4.78 is 2.29. The Hall–Kier alpha value is -0.160. The van der Waals surface area contributed by atoms with E-state index in [0.29, 0.717) is 13.2 Å². The van der Waals surface area contributed by atoms with Gasteiger partial charge in [0.1, 0.15) is 0 Å². The molecule has 0 amide bonds. The van der Waals surface area contributed by atoms with E-state index >= 15 is 0 Å². The van der Waals surface area contributed by atoms with Crippen LogP contribution in [0.1, 0.15) is 77.0 Å². The first-order valence-corrected chi connectivity index (χ1v) is 11.2. The van der Waals surface area contributed by atoms with E-state index in [-0.39, 0.29) is 0 Å².